The van der Waals surface area contributed by atoms with Gasteiger partial charge >= 0.3 is 0 Å². The van der Waals surface area contributed by atoms with Crippen molar-refractivity contribution in [2.75, 3.05) is 45.7 Å². The van der Waals surface area contributed by atoms with Crippen LogP contribution in [0.4, 0.5) is 17.3 Å². The molecule has 10 heteroatoms. The Hall–Kier alpha value is -1.26. The fourth-order valence-electron chi connectivity index (χ4n) is 2.32. The molecule has 0 unspecified atom stereocenters. The van der Waals surface area contributed by atoms with Crippen LogP contribution in [0, 0.1) is 0 Å². The molecule has 0 saturated carbocycles. The average molecular weight is 495 g/mol. The summed E-state index contributed by atoms with van der Waals surface area (Å²) in [7, 11) is -2.03. The lowest BCUT2D eigenvalue weighted by molar-refractivity contribution is 0.583. The van der Waals surface area contributed by atoms with Crippen molar-refractivity contribution in [2.45, 2.75) is 5.88 Å². The number of alkyl halides is 2. The normalized spacial score (nSPS) is 11.5. The molecule has 0 aliphatic carbocycles. The minimum absolute atomic E-state index is 0.174. The molecule has 0 amide bonds. The molecule has 0 aliphatic rings. The lowest BCUT2D eigenvalue weighted by atomic mass is 10.2. The third kappa shape index (κ3) is 5.11. The standard InChI is InChI=1S/C15H21Br2N5O2S/c1-20(25(23,24)12-22-11-8-19-15(22)18)13-2-4-14(5-3-13)21(9-6-16)10-7-17/h2-5,8,11H,6-7,9-10,12H2,1H3,(H2,18,19). The number of hydrogen-bond acceptors (Lipinski definition) is 5. The molecule has 1 aromatic heterocycles. The SMILES string of the molecule is CN(c1ccc(N(CCBr)CCBr)cc1)S(=O)(=O)Cn1ccnc1N. The van der Waals surface area contributed by atoms with E-state index in [4.69, 9.17) is 5.73 Å². The summed E-state index contributed by atoms with van der Waals surface area (Å²) in [6.45, 7) is 1.75. The van der Waals surface area contributed by atoms with Crippen molar-refractivity contribution < 1.29 is 8.42 Å². The van der Waals surface area contributed by atoms with Crippen LogP contribution in [-0.2, 0) is 15.9 Å². The van der Waals surface area contributed by atoms with E-state index in [1.807, 2.05) is 12.1 Å². The summed E-state index contributed by atoms with van der Waals surface area (Å²) >= 11 is 6.91. The number of nitrogens with zero attached hydrogens (tertiary/aromatic N) is 4. The first-order valence-electron chi connectivity index (χ1n) is 7.59. The van der Waals surface area contributed by atoms with Crippen LogP contribution in [0.3, 0.4) is 0 Å². The number of anilines is 3. The van der Waals surface area contributed by atoms with Gasteiger partial charge in [-0.25, -0.2) is 13.4 Å². The smallest absolute Gasteiger partial charge is 0.253 e. The summed E-state index contributed by atoms with van der Waals surface area (Å²) in [4.78, 5) is 6.06. The van der Waals surface area contributed by atoms with Gasteiger partial charge in [-0.05, 0) is 24.3 Å². The second-order valence-corrected chi connectivity index (χ2v) is 8.90. The first-order valence-corrected chi connectivity index (χ1v) is 11.4. The minimum atomic E-state index is -3.56. The maximum atomic E-state index is 12.6. The molecular formula is C15H21Br2N5O2S. The third-order valence-electron chi connectivity index (χ3n) is 3.75. The van der Waals surface area contributed by atoms with Gasteiger partial charge in [0, 0.05) is 48.9 Å². The molecule has 7 nitrogen and oxygen atoms in total. The molecule has 0 aliphatic heterocycles. The van der Waals surface area contributed by atoms with Gasteiger partial charge in [0.15, 0.2) is 0 Å². The Labute approximate surface area is 165 Å². The highest BCUT2D eigenvalue weighted by molar-refractivity contribution is 9.09. The van der Waals surface area contributed by atoms with E-state index >= 15 is 0 Å². The van der Waals surface area contributed by atoms with Crippen molar-refractivity contribution >= 4 is 59.2 Å². The zero-order valence-corrected chi connectivity index (χ0v) is 17.8. The zero-order chi connectivity index (χ0) is 18.4. The van der Waals surface area contributed by atoms with E-state index in [0.717, 1.165) is 29.4 Å². The number of rotatable bonds is 9. The third-order valence-corrected chi connectivity index (χ3v) is 6.11. The van der Waals surface area contributed by atoms with E-state index < -0.39 is 10.0 Å². The molecule has 0 saturated heterocycles. The van der Waals surface area contributed by atoms with Crippen LogP contribution in [0.15, 0.2) is 36.7 Å². The average Bonchev–Trinajstić information content (AvgIpc) is 2.98. The molecule has 0 bridgehead atoms. The first kappa shape index (κ1) is 20.1. The Morgan fingerprint density at radius 1 is 1.12 bits per heavy atom. The van der Waals surface area contributed by atoms with Crippen molar-refractivity contribution in [2.24, 2.45) is 0 Å². The van der Waals surface area contributed by atoms with E-state index in [2.05, 4.69) is 41.7 Å². The van der Waals surface area contributed by atoms with E-state index in [9.17, 15) is 8.42 Å². The monoisotopic (exact) mass is 493 g/mol. The van der Waals surface area contributed by atoms with E-state index in [-0.39, 0.29) is 11.8 Å². The zero-order valence-electron chi connectivity index (χ0n) is 13.8. The van der Waals surface area contributed by atoms with Gasteiger partial charge < -0.3 is 15.2 Å². The second kappa shape index (κ2) is 8.91. The predicted molar refractivity (Wildman–Crippen MR) is 110 cm³/mol. The van der Waals surface area contributed by atoms with Gasteiger partial charge in [-0.2, -0.15) is 0 Å². The first-order chi connectivity index (χ1) is 11.9. The molecule has 2 aromatic rings. The van der Waals surface area contributed by atoms with Gasteiger partial charge in [-0.1, -0.05) is 31.9 Å². The molecule has 2 rings (SSSR count). The molecule has 2 N–H and O–H groups in total. The summed E-state index contributed by atoms with van der Waals surface area (Å²) in [6.07, 6.45) is 3.02. The number of benzene rings is 1. The summed E-state index contributed by atoms with van der Waals surface area (Å²) in [5.41, 5.74) is 7.30. The molecule has 138 valence electrons. The van der Waals surface area contributed by atoms with Gasteiger partial charge in [0.05, 0.1) is 5.69 Å². The van der Waals surface area contributed by atoms with Crippen LogP contribution in [0.1, 0.15) is 0 Å². The Kier molecular flexibility index (Phi) is 7.14. The second-order valence-electron chi connectivity index (χ2n) is 5.35. The van der Waals surface area contributed by atoms with Crippen molar-refractivity contribution in [3.8, 4) is 0 Å². The largest absolute Gasteiger partial charge is 0.370 e. The predicted octanol–water partition coefficient (Wildman–Crippen LogP) is 2.49. The molecular weight excluding hydrogens is 474 g/mol. The van der Waals surface area contributed by atoms with Crippen LogP contribution in [-0.4, -0.2) is 48.8 Å². The lowest BCUT2D eigenvalue weighted by Crippen LogP contribution is -2.30. The molecule has 1 heterocycles. The summed E-state index contributed by atoms with van der Waals surface area (Å²) in [6, 6.07) is 7.47. The molecule has 0 atom stereocenters. The number of halogens is 2. The van der Waals surface area contributed by atoms with E-state index in [1.165, 1.54) is 22.1 Å². The van der Waals surface area contributed by atoms with E-state index in [0.29, 0.717) is 5.69 Å². The highest BCUT2D eigenvalue weighted by Crippen LogP contribution is 2.23. The fourth-order valence-corrected chi connectivity index (χ4v) is 4.36. The Morgan fingerprint density at radius 3 is 2.16 bits per heavy atom. The van der Waals surface area contributed by atoms with Crippen LogP contribution >= 0.6 is 31.9 Å². The number of hydrogen-bond donors (Lipinski definition) is 1. The Balaban J connectivity index is 2.16. The number of imidazole rings is 1. The summed E-state index contributed by atoms with van der Waals surface area (Å²) < 4.78 is 27.8. The van der Waals surface area contributed by atoms with Crippen molar-refractivity contribution in [1.29, 1.82) is 0 Å². The molecule has 25 heavy (non-hydrogen) atoms. The molecule has 1 aromatic carbocycles. The van der Waals surface area contributed by atoms with Crippen molar-refractivity contribution in [3.63, 3.8) is 0 Å². The maximum absolute atomic E-state index is 12.6. The number of nitrogen functional groups attached to an aromatic ring is 1. The number of aromatic nitrogens is 2. The minimum Gasteiger partial charge on any atom is -0.370 e. The molecule has 0 radical (unpaired) electrons. The van der Waals surface area contributed by atoms with Crippen LogP contribution in [0.5, 0.6) is 0 Å². The van der Waals surface area contributed by atoms with Gasteiger partial charge in [0.2, 0.25) is 5.95 Å². The van der Waals surface area contributed by atoms with Gasteiger partial charge in [-0.3, -0.25) is 4.31 Å². The fraction of sp³-hybridized carbons (Fsp3) is 0.400. The number of sulfonamides is 1. The van der Waals surface area contributed by atoms with Gasteiger partial charge in [-0.15, -0.1) is 0 Å². The lowest BCUT2D eigenvalue weighted by Gasteiger charge is -2.25. The van der Waals surface area contributed by atoms with Gasteiger partial charge in [0.25, 0.3) is 10.0 Å². The quantitative estimate of drug-likeness (QED) is 0.541. The topological polar surface area (TPSA) is 84.5 Å². The summed E-state index contributed by atoms with van der Waals surface area (Å²) in [5, 5.41) is 1.73. The Morgan fingerprint density at radius 2 is 1.68 bits per heavy atom. The van der Waals surface area contributed by atoms with Crippen molar-refractivity contribution in [3.05, 3.63) is 36.7 Å². The number of nitrogens with two attached hydrogens (primary N) is 1. The Bertz CT molecular complexity index is 773. The maximum Gasteiger partial charge on any atom is 0.253 e. The molecule has 0 spiro atoms. The van der Waals surface area contributed by atoms with Crippen LogP contribution in [0.2, 0.25) is 0 Å². The van der Waals surface area contributed by atoms with E-state index in [1.54, 1.807) is 18.3 Å². The van der Waals surface area contributed by atoms with Crippen LogP contribution in [0.25, 0.3) is 0 Å². The van der Waals surface area contributed by atoms with Crippen LogP contribution < -0.4 is 14.9 Å². The molecule has 0 fully saturated rings. The van der Waals surface area contributed by atoms with Crippen molar-refractivity contribution in [1.82, 2.24) is 9.55 Å². The summed E-state index contributed by atoms with van der Waals surface area (Å²) in [5.74, 6) is -0.0800. The highest BCUT2D eigenvalue weighted by Gasteiger charge is 2.20. The van der Waals surface area contributed by atoms with Gasteiger partial charge in [0.1, 0.15) is 5.88 Å². The highest BCUT2D eigenvalue weighted by atomic mass is 79.9.